The molecule has 1 aliphatic carbocycles. The molecule has 4 nitrogen and oxygen atoms in total. The minimum absolute atomic E-state index is 0.758. The highest BCUT2D eigenvalue weighted by molar-refractivity contribution is 7.26. The Balaban J connectivity index is 1.63. The van der Waals surface area contributed by atoms with Crippen LogP contribution in [0.5, 0.6) is 0 Å². The third kappa shape index (κ3) is 3.04. The molecule has 1 aromatic carbocycles. The van der Waals surface area contributed by atoms with E-state index in [4.69, 9.17) is 4.98 Å². The smallest absolute Gasteiger partial charge is 0.147 e. The van der Waals surface area contributed by atoms with Crippen molar-refractivity contribution in [1.82, 2.24) is 15.0 Å². The number of anilines is 1. The number of aryl methyl sites for hydroxylation is 2. The average Bonchev–Trinajstić information content (AvgIpc) is 3.12. The maximum atomic E-state index is 5.10. The zero-order chi connectivity index (χ0) is 18.9. The summed E-state index contributed by atoms with van der Waals surface area (Å²) in [6.45, 7) is 3.00. The van der Waals surface area contributed by atoms with Crippen molar-refractivity contribution < 1.29 is 0 Å². The summed E-state index contributed by atoms with van der Waals surface area (Å²) in [4.78, 5) is 15.5. The first-order chi connectivity index (χ1) is 13.8. The monoisotopic (exact) mass is 388 g/mol. The largest absolute Gasteiger partial charge is 0.365 e. The maximum absolute atomic E-state index is 5.10. The fourth-order valence-corrected chi connectivity index (χ4v) is 5.43. The molecular formula is C23H24N4S. The molecule has 142 valence electrons. The first kappa shape index (κ1) is 17.6. The number of aromatic nitrogens is 3. The number of thiophene rings is 1. The number of rotatable bonds is 5. The van der Waals surface area contributed by atoms with Crippen LogP contribution < -0.4 is 5.32 Å². The number of pyridine rings is 1. The van der Waals surface area contributed by atoms with Crippen LogP contribution in [0.1, 0.15) is 48.6 Å². The lowest BCUT2D eigenvalue weighted by Crippen LogP contribution is -2.09. The SMILES string of the molecule is CCCc1nc2sc3c(NCc4ccccc4)ncnc3c2c2c1CCCC2. The van der Waals surface area contributed by atoms with Crippen LogP contribution in [0.15, 0.2) is 36.7 Å². The molecule has 0 radical (unpaired) electrons. The first-order valence-electron chi connectivity index (χ1n) is 10.2. The number of benzene rings is 1. The van der Waals surface area contributed by atoms with Gasteiger partial charge in [-0.05, 0) is 48.8 Å². The number of nitrogens with zero attached hydrogens (tertiary/aromatic N) is 3. The quantitative estimate of drug-likeness (QED) is 0.478. The normalized spacial score (nSPS) is 13.8. The summed E-state index contributed by atoms with van der Waals surface area (Å²) in [5, 5.41) is 4.79. The van der Waals surface area contributed by atoms with E-state index in [-0.39, 0.29) is 0 Å². The standard InChI is InChI=1S/C23H24N4S/c1-2-8-18-16-11-6-7-12-17(16)19-20-21(28-23(19)27-18)22(26-14-25-20)24-13-15-9-4-3-5-10-15/h3-5,9-10,14H,2,6-8,11-13H2,1H3,(H,24,25,26). The highest BCUT2D eigenvalue weighted by Gasteiger charge is 2.22. The highest BCUT2D eigenvalue weighted by Crippen LogP contribution is 2.40. The Hall–Kier alpha value is -2.53. The van der Waals surface area contributed by atoms with Crippen molar-refractivity contribution in [3.05, 3.63) is 59.0 Å². The maximum Gasteiger partial charge on any atom is 0.147 e. The van der Waals surface area contributed by atoms with Crippen LogP contribution in [0.25, 0.3) is 20.4 Å². The summed E-state index contributed by atoms with van der Waals surface area (Å²) in [6.07, 6.45) is 8.74. The van der Waals surface area contributed by atoms with Gasteiger partial charge in [0, 0.05) is 17.6 Å². The Morgan fingerprint density at radius 1 is 1.04 bits per heavy atom. The van der Waals surface area contributed by atoms with Gasteiger partial charge in [0.05, 0.1) is 10.2 Å². The number of fused-ring (bicyclic) bond motifs is 5. The van der Waals surface area contributed by atoms with Gasteiger partial charge in [-0.25, -0.2) is 15.0 Å². The molecule has 0 atom stereocenters. The van der Waals surface area contributed by atoms with E-state index >= 15 is 0 Å². The molecule has 1 N–H and O–H groups in total. The van der Waals surface area contributed by atoms with Gasteiger partial charge in [-0.1, -0.05) is 43.7 Å². The van der Waals surface area contributed by atoms with Gasteiger partial charge >= 0.3 is 0 Å². The van der Waals surface area contributed by atoms with Crippen molar-refractivity contribution in [1.29, 1.82) is 0 Å². The fourth-order valence-electron chi connectivity index (χ4n) is 4.29. The molecule has 3 heterocycles. The lowest BCUT2D eigenvalue weighted by molar-refractivity contribution is 0.675. The van der Waals surface area contributed by atoms with Gasteiger partial charge in [0.1, 0.15) is 17.0 Å². The van der Waals surface area contributed by atoms with Gasteiger partial charge in [0.15, 0.2) is 0 Å². The minimum atomic E-state index is 0.758. The second kappa shape index (κ2) is 7.47. The number of hydrogen-bond donors (Lipinski definition) is 1. The van der Waals surface area contributed by atoms with Crippen LogP contribution in [0.2, 0.25) is 0 Å². The van der Waals surface area contributed by atoms with E-state index < -0.39 is 0 Å². The lowest BCUT2D eigenvalue weighted by atomic mass is 9.88. The molecule has 5 heteroatoms. The number of nitrogens with one attached hydrogen (secondary N) is 1. The zero-order valence-corrected chi connectivity index (χ0v) is 17.0. The molecule has 28 heavy (non-hydrogen) atoms. The predicted molar refractivity (Wildman–Crippen MR) is 117 cm³/mol. The molecular weight excluding hydrogens is 364 g/mol. The highest BCUT2D eigenvalue weighted by atomic mass is 32.1. The summed E-state index contributed by atoms with van der Waals surface area (Å²) in [5.41, 5.74) is 6.62. The van der Waals surface area contributed by atoms with Gasteiger partial charge < -0.3 is 5.32 Å². The molecule has 5 rings (SSSR count). The lowest BCUT2D eigenvalue weighted by Gasteiger charge is -2.19. The van der Waals surface area contributed by atoms with Crippen LogP contribution in [-0.4, -0.2) is 15.0 Å². The van der Waals surface area contributed by atoms with Crippen LogP contribution in [0.4, 0.5) is 5.82 Å². The van der Waals surface area contributed by atoms with Crippen molar-refractivity contribution >= 4 is 37.6 Å². The van der Waals surface area contributed by atoms with Crippen LogP contribution in [-0.2, 0) is 25.8 Å². The molecule has 3 aromatic heterocycles. The molecule has 0 saturated heterocycles. The molecule has 0 amide bonds. The van der Waals surface area contributed by atoms with Crippen molar-refractivity contribution in [2.45, 2.75) is 52.0 Å². The van der Waals surface area contributed by atoms with Crippen LogP contribution >= 0.6 is 11.3 Å². The van der Waals surface area contributed by atoms with Crippen molar-refractivity contribution in [2.75, 3.05) is 5.32 Å². The molecule has 0 unspecified atom stereocenters. The first-order valence-corrected chi connectivity index (χ1v) is 11.0. The van der Waals surface area contributed by atoms with Gasteiger partial charge in [-0.3, -0.25) is 0 Å². The Morgan fingerprint density at radius 2 is 1.86 bits per heavy atom. The molecule has 0 spiro atoms. The van der Waals surface area contributed by atoms with Crippen molar-refractivity contribution in [3.8, 4) is 0 Å². The van der Waals surface area contributed by atoms with Gasteiger partial charge in [0.25, 0.3) is 0 Å². The molecule has 0 saturated carbocycles. The van der Waals surface area contributed by atoms with E-state index in [9.17, 15) is 0 Å². The van der Waals surface area contributed by atoms with E-state index in [1.165, 1.54) is 40.6 Å². The zero-order valence-electron chi connectivity index (χ0n) is 16.2. The van der Waals surface area contributed by atoms with Crippen molar-refractivity contribution in [3.63, 3.8) is 0 Å². The molecule has 0 aliphatic heterocycles. The Morgan fingerprint density at radius 3 is 2.68 bits per heavy atom. The Kier molecular flexibility index (Phi) is 4.69. The van der Waals surface area contributed by atoms with Gasteiger partial charge in [-0.2, -0.15) is 0 Å². The van der Waals surface area contributed by atoms with E-state index in [2.05, 4.69) is 46.5 Å². The van der Waals surface area contributed by atoms with E-state index in [0.29, 0.717) is 0 Å². The fraction of sp³-hybridized carbons (Fsp3) is 0.348. The van der Waals surface area contributed by atoms with Gasteiger partial charge in [-0.15, -0.1) is 11.3 Å². The molecule has 4 aromatic rings. The summed E-state index contributed by atoms with van der Waals surface area (Å²) in [5.74, 6) is 0.915. The average molecular weight is 389 g/mol. The number of hydrogen-bond acceptors (Lipinski definition) is 5. The van der Waals surface area contributed by atoms with E-state index in [1.54, 1.807) is 17.7 Å². The summed E-state index contributed by atoms with van der Waals surface area (Å²) >= 11 is 1.74. The van der Waals surface area contributed by atoms with E-state index in [1.807, 2.05) is 6.07 Å². The third-order valence-electron chi connectivity index (χ3n) is 5.60. The Labute approximate surface area is 169 Å². The van der Waals surface area contributed by atoms with Crippen LogP contribution in [0.3, 0.4) is 0 Å². The molecule has 0 bridgehead atoms. The third-order valence-corrected chi connectivity index (χ3v) is 6.68. The minimum Gasteiger partial charge on any atom is -0.365 e. The second-order valence-corrected chi connectivity index (χ2v) is 8.49. The molecule has 0 fully saturated rings. The molecule has 1 aliphatic rings. The van der Waals surface area contributed by atoms with Crippen molar-refractivity contribution in [2.24, 2.45) is 0 Å². The predicted octanol–water partition coefficient (Wildman–Crippen LogP) is 5.68. The summed E-state index contributed by atoms with van der Waals surface area (Å²) < 4.78 is 1.13. The Bertz CT molecular complexity index is 1130. The summed E-state index contributed by atoms with van der Waals surface area (Å²) in [6, 6.07) is 10.4. The van der Waals surface area contributed by atoms with Crippen LogP contribution in [0, 0.1) is 0 Å². The summed E-state index contributed by atoms with van der Waals surface area (Å²) in [7, 11) is 0. The second-order valence-electron chi connectivity index (χ2n) is 7.49. The van der Waals surface area contributed by atoms with Gasteiger partial charge in [0.2, 0.25) is 0 Å². The topological polar surface area (TPSA) is 50.7 Å². The van der Waals surface area contributed by atoms with E-state index in [0.717, 1.165) is 53.1 Å².